The molecule has 0 aliphatic rings. The zero-order chi connectivity index (χ0) is 24.8. The molecule has 1 unspecified atom stereocenters. The maximum absolute atomic E-state index is 11.1. The van der Waals surface area contributed by atoms with Crippen LogP contribution in [0.5, 0.6) is 0 Å². The maximum atomic E-state index is 11.1. The van der Waals surface area contributed by atoms with Crippen LogP contribution in [0.3, 0.4) is 0 Å². The van der Waals surface area contributed by atoms with Gasteiger partial charge in [0.15, 0.2) is 19.8 Å². The molecule has 3 aromatic rings. The van der Waals surface area contributed by atoms with Crippen molar-refractivity contribution in [3.8, 4) is 11.5 Å². The standard InChI is InChI=1S/C27H37NO5Si/c1-27(2,3)34(4,5)33-22(16-12-7-6-9-13-20-14-10-8-11-15-20)25-28-19-24(32-25)21-17-18-23(31-21)26(29)30/h8,10-11,14-15,17-19,22H,6-7,9,12-13,16H2,1-5H3,(H,29,30). The summed E-state index contributed by atoms with van der Waals surface area (Å²) in [5, 5.41) is 9.17. The Morgan fingerprint density at radius 1 is 1.00 bits per heavy atom. The van der Waals surface area contributed by atoms with Gasteiger partial charge in [0, 0.05) is 0 Å². The molecule has 0 saturated heterocycles. The molecule has 0 spiro atoms. The summed E-state index contributed by atoms with van der Waals surface area (Å²) in [6.45, 7) is 11.1. The van der Waals surface area contributed by atoms with Crippen LogP contribution in [0.1, 0.15) is 81.0 Å². The van der Waals surface area contributed by atoms with Crippen molar-refractivity contribution in [2.75, 3.05) is 0 Å². The summed E-state index contributed by atoms with van der Waals surface area (Å²) in [5.74, 6) is 0.0460. The highest BCUT2D eigenvalue weighted by Crippen LogP contribution is 2.41. The van der Waals surface area contributed by atoms with Crippen molar-refractivity contribution in [3.05, 3.63) is 65.9 Å². The molecule has 0 amide bonds. The van der Waals surface area contributed by atoms with E-state index in [2.05, 4.69) is 69.2 Å². The first kappa shape index (κ1) is 26.0. The number of furan rings is 1. The lowest BCUT2D eigenvalue weighted by molar-refractivity contribution is 0.0663. The minimum atomic E-state index is -2.05. The van der Waals surface area contributed by atoms with Gasteiger partial charge in [-0.3, -0.25) is 0 Å². The zero-order valence-electron chi connectivity index (χ0n) is 21.0. The van der Waals surface area contributed by atoms with Crippen molar-refractivity contribution >= 4 is 14.3 Å². The van der Waals surface area contributed by atoms with Gasteiger partial charge in [-0.15, -0.1) is 0 Å². The summed E-state index contributed by atoms with van der Waals surface area (Å²) in [6.07, 6.45) is 7.77. The second-order valence-corrected chi connectivity index (χ2v) is 15.1. The van der Waals surface area contributed by atoms with E-state index in [1.165, 1.54) is 24.5 Å². The van der Waals surface area contributed by atoms with Gasteiger partial charge in [0.2, 0.25) is 11.7 Å². The number of rotatable bonds is 12. The predicted molar refractivity (Wildman–Crippen MR) is 135 cm³/mol. The molecule has 1 aromatic carbocycles. The van der Waals surface area contributed by atoms with Crippen molar-refractivity contribution in [3.63, 3.8) is 0 Å². The number of hydrogen-bond donors (Lipinski definition) is 1. The number of benzene rings is 1. The van der Waals surface area contributed by atoms with Crippen molar-refractivity contribution < 1.29 is 23.2 Å². The predicted octanol–water partition coefficient (Wildman–Crippen LogP) is 7.89. The lowest BCUT2D eigenvalue weighted by Crippen LogP contribution is -2.41. The smallest absolute Gasteiger partial charge is 0.371 e. The van der Waals surface area contributed by atoms with E-state index in [4.69, 9.17) is 18.4 Å². The van der Waals surface area contributed by atoms with Gasteiger partial charge in [-0.1, -0.05) is 70.4 Å². The Morgan fingerprint density at radius 3 is 2.35 bits per heavy atom. The molecule has 0 bridgehead atoms. The number of nitrogens with zero attached hydrogens (tertiary/aromatic N) is 1. The molecule has 0 aliphatic heterocycles. The van der Waals surface area contributed by atoms with Crippen LogP contribution in [0.4, 0.5) is 0 Å². The molecule has 1 atom stereocenters. The molecule has 7 heteroatoms. The largest absolute Gasteiger partial charge is 0.475 e. The van der Waals surface area contributed by atoms with Crippen molar-refractivity contribution in [2.45, 2.75) is 83.5 Å². The quantitative estimate of drug-likeness (QED) is 0.208. The van der Waals surface area contributed by atoms with Crippen LogP contribution in [0.25, 0.3) is 11.5 Å². The van der Waals surface area contributed by atoms with Crippen LogP contribution in [0, 0.1) is 0 Å². The fourth-order valence-electron chi connectivity index (χ4n) is 3.56. The second kappa shape index (κ2) is 11.2. The summed E-state index contributed by atoms with van der Waals surface area (Å²) in [7, 11) is -2.05. The first-order valence-corrected chi connectivity index (χ1v) is 15.0. The van der Waals surface area contributed by atoms with Gasteiger partial charge in [-0.05, 0) is 55.1 Å². The van der Waals surface area contributed by atoms with E-state index >= 15 is 0 Å². The molecular weight excluding hydrogens is 446 g/mol. The SMILES string of the molecule is CC(C)(C)[Si](C)(C)OC(CCCCCCc1ccccc1)c1ncc(-c2ccc(C(=O)O)o2)o1. The molecule has 6 nitrogen and oxygen atoms in total. The number of carboxylic acids is 1. The van der Waals surface area contributed by atoms with Crippen molar-refractivity contribution in [1.29, 1.82) is 0 Å². The van der Waals surface area contributed by atoms with Crippen LogP contribution in [-0.2, 0) is 10.8 Å². The Balaban J connectivity index is 1.63. The molecule has 184 valence electrons. The minimum Gasteiger partial charge on any atom is -0.475 e. The molecule has 0 fully saturated rings. The zero-order valence-corrected chi connectivity index (χ0v) is 22.0. The Kier molecular flexibility index (Phi) is 8.55. The summed E-state index contributed by atoms with van der Waals surface area (Å²) in [4.78, 5) is 15.6. The number of aryl methyl sites for hydroxylation is 1. The van der Waals surface area contributed by atoms with Gasteiger partial charge in [-0.2, -0.15) is 0 Å². The summed E-state index contributed by atoms with van der Waals surface area (Å²) < 4.78 is 18.1. The maximum Gasteiger partial charge on any atom is 0.371 e. The Hall–Kier alpha value is -2.64. The molecule has 2 aromatic heterocycles. The van der Waals surface area contributed by atoms with E-state index in [1.807, 2.05) is 0 Å². The van der Waals surface area contributed by atoms with Crippen LogP contribution in [0.2, 0.25) is 18.1 Å². The third kappa shape index (κ3) is 6.93. The number of aromatic carboxylic acids is 1. The molecule has 34 heavy (non-hydrogen) atoms. The monoisotopic (exact) mass is 483 g/mol. The van der Waals surface area contributed by atoms with Crippen LogP contribution < -0.4 is 0 Å². The van der Waals surface area contributed by atoms with E-state index in [0.29, 0.717) is 17.4 Å². The van der Waals surface area contributed by atoms with E-state index in [-0.39, 0.29) is 16.9 Å². The number of oxazole rings is 1. The first-order chi connectivity index (χ1) is 16.1. The molecule has 2 heterocycles. The van der Waals surface area contributed by atoms with Gasteiger partial charge in [0.05, 0.1) is 6.20 Å². The van der Waals surface area contributed by atoms with Gasteiger partial charge in [0.25, 0.3) is 0 Å². The van der Waals surface area contributed by atoms with Crippen LogP contribution in [0.15, 0.2) is 57.5 Å². The van der Waals surface area contributed by atoms with E-state index < -0.39 is 14.3 Å². The molecule has 3 rings (SSSR count). The average Bonchev–Trinajstić information content (AvgIpc) is 3.45. The summed E-state index contributed by atoms with van der Waals surface area (Å²) in [5.41, 5.74) is 1.39. The molecular formula is C27H37NO5Si. The third-order valence-electron chi connectivity index (χ3n) is 6.63. The number of unbranched alkanes of at least 4 members (excludes halogenated alkanes) is 3. The van der Waals surface area contributed by atoms with Gasteiger partial charge < -0.3 is 18.4 Å². The lowest BCUT2D eigenvalue weighted by Gasteiger charge is -2.38. The fourth-order valence-corrected chi connectivity index (χ4v) is 4.84. The fraction of sp³-hybridized carbons (Fsp3) is 0.481. The Bertz CT molecular complexity index is 1050. The molecule has 0 saturated carbocycles. The minimum absolute atomic E-state index is 0.0633. The van der Waals surface area contributed by atoms with Gasteiger partial charge in [-0.25, -0.2) is 9.78 Å². The summed E-state index contributed by atoms with van der Waals surface area (Å²) >= 11 is 0. The van der Waals surface area contributed by atoms with E-state index in [9.17, 15) is 4.79 Å². The van der Waals surface area contributed by atoms with E-state index in [0.717, 1.165) is 25.7 Å². The molecule has 0 aliphatic carbocycles. The van der Waals surface area contributed by atoms with Crippen molar-refractivity contribution in [1.82, 2.24) is 4.98 Å². The molecule has 1 N–H and O–H groups in total. The summed E-state index contributed by atoms with van der Waals surface area (Å²) in [6, 6.07) is 13.6. The van der Waals surface area contributed by atoms with Crippen LogP contribution >= 0.6 is 0 Å². The highest BCUT2D eigenvalue weighted by Gasteiger charge is 2.40. The highest BCUT2D eigenvalue weighted by atomic mass is 28.4. The van der Waals surface area contributed by atoms with E-state index in [1.54, 1.807) is 12.3 Å². The van der Waals surface area contributed by atoms with Crippen molar-refractivity contribution in [2.24, 2.45) is 0 Å². The number of hydrogen-bond acceptors (Lipinski definition) is 5. The average molecular weight is 484 g/mol. The highest BCUT2D eigenvalue weighted by molar-refractivity contribution is 6.74. The topological polar surface area (TPSA) is 85.7 Å². The number of carboxylic acid groups (broad SMARTS) is 1. The number of carbonyl (C=O) groups is 1. The normalized spacial score (nSPS) is 13.2. The molecule has 0 radical (unpaired) electrons. The second-order valence-electron chi connectivity index (χ2n) is 10.3. The van der Waals surface area contributed by atoms with Gasteiger partial charge in [0.1, 0.15) is 6.10 Å². The Labute approximate surface area is 203 Å². The van der Waals surface area contributed by atoms with Gasteiger partial charge >= 0.3 is 5.97 Å². The first-order valence-electron chi connectivity index (χ1n) is 12.1. The van der Waals surface area contributed by atoms with Crippen LogP contribution in [-0.4, -0.2) is 24.4 Å². The third-order valence-corrected chi connectivity index (χ3v) is 11.1. The number of aromatic nitrogens is 1. The Morgan fingerprint density at radius 2 is 1.71 bits per heavy atom. The lowest BCUT2D eigenvalue weighted by atomic mass is 10.0.